The second-order valence-corrected chi connectivity index (χ2v) is 8.30. The van der Waals surface area contributed by atoms with Crippen LogP contribution in [0.25, 0.3) is 5.69 Å². The van der Waals surface area contributed by atoms with Gasteiger partial charge in [0.2, 0.25) is 5.91 Å². The summed E-state index contributed by atoms with van der Waals surface area (Å²) in [4.78, 5) is 31.9. The molecule has 0 saturated carbocycles. The predicted molar refractivity (Wildman–Crippen MR) is 116 cm³/mol. The van der Waals surface area contributed by atoms with Gasteiger partial charge in [-0.25, -0.2) is 4.68 Å². The lowest BCUT2D eigenvalue weighted by Crippen LogP contribution is -2.41. The molecule has 0 N–H and O–H groups in total. The quantitative estimate of drug-likeness (QED) is 0.777. The van der Waals surface area contributed by atoms with Gasteiger partial charge in [0, 0.05) is 39.3 Å². The van der Waals surface area contributed by atoms with Crippen molar-refractivity contribution >= 4 is 11.8 Å². The van der Waals surface area contributed by atoms with Crippen molar-refractivity contribution in [1.82, 2.24) is 24.5 Å². The molecule has 0 unspecified atom stereocenters. The van der Waals surface area contributed by atoms with E-state index in [1.54, 1.807) is 0 Å². The van der Waals surface area contributed by atoms with Gasteiger partial charge in [0.15, 0.2) is 0 Å². The van der Waals surface area contributed by atoms with Gasteiger partial charge in [-0.3, -0.25) is 14.5 Å². The van der Waals surface area contributed by atoms with Crippen LogP contribution in [0.2, 0.25) is 0 Å². The Morgan fingerprint density at radius 2 is 1.57 bits per heavy atom. The molecule has 1 aromatic heterocycles. The lowest BCUT2D eigenvalue weighted by atomic mass is 10.1. The first-order valence-electron chi connectivity index (χ1n) is 11.0. The van der Waals surface area contributed by atoms with Crippen LogP contribution in [-0.2, 0) is 4.79 Å². The summed E-state index contributed by atoms with van der Waals surface area (Å²) >= 11 is 0. The minimum absolute atomic E-state index is 0.0416. The van der Waals surface area contributed by atoms with Crippen LogP contribution in [0.1, 0.15) is 41.0 Å². The average Bonchev–Trinajstić information content (AvgIpc) is 3.32. The van der Waals surface area contributed by atoms with Crippen LogP contribution in [0.3, 0.4) is 0 Å². The SMILES string of the molecule is Cc1nn(-c2ccccc2)c(C)c1C(=O)N1CCCN(CC(=O)N2CCCC2)CC1. The summed E-state index contributed by atoms with van der Waals surface area (Å²) in [5.74, 6) is 0.267. The lowest BCUT2D eigenvalue weighted by molar-refractivity contribution is -0.131. The van der Waals surface area contributed by atoms with Gasteiger partial charge < -0.3 is 9.80 Å². The van der Waals surface area contributed by atoms with E-state index in [9.17, 15) is 9.59 Å². The molecule has 0 bridgehead atoms. The third kappa shape index (κ3) is 4.26. The van der Waals surface area contributed by atoms with E-state index in [0.29, 0.717) is 25.2 Å². The number of benzene rings is 1. The zero-order valence-electron chi connectivity index (χ0n) is 18.0. The molecule has 7 heteroatoms. The van der Waals surface area contributed by atoms with Crippen LogP contribution >= 0.6 is 0 Å². The molecule has 0 spiro atoms. The number of rotatable bonds is 4. The van der Waals surface area contributed by atoms with Crippen LogP contribution in [-0.4, -0.2) is 82.1 Å². The van der Waals surface area contributed by atoms with Crippen molar-refractivity contribution in [3.05, 3.63) is 47.3 Å². The highest BCUT2D eigenvalue weighted by Gasteiger charge is 2.27. The fourth-order valence-corrected chi connectivity index (χ4v) is 4.52. The molecule has 30 heavy (non-hydrogen) atoms. The van der Waals surface area contributed by atoms with Crippen LogP contribution in [0.5, 0.6) is 0 Å². The number of hydrogen-bond acceptors (Lipinski definition) is 4. The highest BCUT2D eigenvalue weighted by Crippen LogP contribution is 2.20. The van der Waals surface area contributed by atoms with E-state index >= 15 is 0 Å². The van der Waals surface area contributed by atoms with Gasteiger partial charge in [-0.15, -0.1) is 0 Å². The first-order chi connectivity index (χ1) is 14.5. The summed E-state index contributed by atoms with van der Waals surface area (Å²) < 4.78 is 1.85. The van der Waals surface area contributed by atoms with E-state index in [1.807, 2.05) is 58.7 Å². The Hall–Kier alpha value is -2.67. The van der Waals surface area contributed by atoms with Crippen LogP contribution in [0.4, 0.5) is 0 Å². The number of likely N-dealkylation sites (tertiary alicyclic amines) is 1. The van der Waals surface area contributed by atoms with Gasteiger partial charge in [-0.1, -0.05) is 18.2 Å². The van der Waals surface area contributed by atoms with Crippen molar-refractivity contribution in [2.75, 3.05) is 45.8 Å². The molecular formula is C23H31N5O2. The Morgan fingerprint density at radius 3 is 2.30 bits per heavy atom. The average molecular weight is 410 g/mol. The van der Waals surface area contributed by atoms with E-state index in [4.69, 9.17) is 0 Å². The van der Waals surface area contributed by atoms with Crippen LogP contribution in [0.15, 0.2) is 30.3 Å². The molecule has 2 fully saturated rings. The number of aryl methyl sites for hydroxylation is 1. The zero-order chi connectivity index (χ0) is 21.1. The van der Waals surface area contributed by atoms with Gasteiger partial charge in [0.25, 0.3) is 5.91 Å². The molecule has 0 radical (unpaired) electrons. The molecule has 2 aliphatic heterocycles. The molecule has 2 amide bonds. The van der Waals surface area contributed by atoms with E-state index in [0.717, 1.165) is 62.5 Å². The minimum Gasteiger partial charge on any atom is -0.342 e. The Bertz CT molecular complexity index is 902. The van der Waals surface area contributed by atoms with Gasteiger partial charge in [0.1, 0.15) is 0 Å². The molecule has 0 aliphatic carbocycles. The molecule has 1 aromatic carbocycles. The summed E-state index contributed by atoms with van der Waals surface area (Å²) in [7, 11) is 0. The number of hydrogen-bond donors (Lipinski definition) is 0. The third-order valence-electron chi connectivity index (χ3n) is 6.20. The summed E-state index contributed by atoms with van der Waals surface area (Å²) in [6.45, 7) is 9.04. The molecule has 2 aliphatic rings. The molecule has 2 saturated heterocycles. The number of nitrogens with zero attached hydrogens (tertiary/aromatic N) is 5. The molecule has 0 atom stereocenters. The Morgan fingerprint density at radius 1 is 0.867 bits per heavy atom. The Kier molecular flexibility index (Phi) is 6.18. The summed E-state index contributed by atoms with van der Waals surface area (Å²) in [5.41, 5.74) is 3.28. The van der Waals surface area contributed by atoms with E-state index < -0.39 is 0 Å². The first-order valence-corrected chi connectivity index (χ1v) is 11.0. The Balaban J connectivity index is 1.43. The topological polar surface area (TPSA) is 61.7 Å². The van der Waals surface area contributed by atoms with Crippen molar-refractivity contribution in [2.24, 2.45) is 0 Å². The zero-order valence-corrected chi connectivity index (χ0v) is 18.0. The van der Waals surface area contributed by atoms with Crippen LogP contribution < -0.4 is 0 Å². The third-order valence-corrected chi connectivity index (χ3v) is 6.20. The second kappa shape index (κ2) is 9.00. The maximum Gasteiger partial charge on any atom is 0.257 e. The first kappa shape index (κ1) is 20.6. The number of amides is 2. The highest BCUT2D eigenvalue weighted by atomic mass is 16.2. The molecule has 4 rings (SSSR count). The Labute approximate surface area is 178 Å². The summed E-state index contributed by atoms with van der Waals surface area (Å²) in [6, 6.07) is 9.91. The number of carbonyl (C=O) groups is 2. The van der Waals surface area contributed by atoms with Gasteiger partial charge >= 0.3 is 0 Å². The van der Waals surface area contributed by atoms with Gasteiger partial charge in [-0.2, -0.15) is 5.10 Å². The fraction of sp³-hybridized carbons (Fsp3) is 0.522. The smallest absolute Gasteiger partial charge is 0.257 e. The molecule has 7 nitrogen and oxygen atoms in total. The van der Waals surface area contributed by atoms with E-state index in [1.165, 1.54) is 0 Å². The van der Waals surface area contributed by atoms with Crippen molar-refractivity contribution in [2.45, 2.75) is 33.1 Å². The van der Waals surface area contributed by atoms with Gasteiger partial charge in [-0.05, 0) is 45.2 Å². The van der Waals surface area contributed by atoms with Crippen molar-refractivity contribution in [3.8, 4) is 5.69 Å². The van der Waals surface area contributed by atoms with Crippen LogP contribution in [0, 0.1) is 13.8 Å². The maximum atomic E-state index is 13.4. The summed E-state index contributed by atoms with van der Waals surface area (Å²) in [5, 5.41) is 4.63. The van der Waals surface area contributed by atoms with Gasteiger partial charge in [0.05, 0.1) is 29.2 Å². The highest BCUT2D eigenvalue weighted by molar-refractivity contribution is 5.96. The fourth-order valence-electron chi connectivity index (χ4n) is 4.52. The number of aromatic nitrogens is 2. The van der Waals surface area contributed by atoms with Crippen molar-refractivity contribution < 1.29 is 9.59 Å². The van der Waals surface area contributed by atoms with Crippen molar-refractivity contribution in [3.63, 3.8) is 0 Å². The largest absolute Gasteiger partial charge is 0.342 e. The minimum atomic E-state index is 0.0416. The number of carbonyl (C=O) groups excluding carboxylic acids is 2. The second-order valence-electron chi connectivity index (χ2n) is 8.30. The monoisotopic (exact) mass is 409 g/mol. The van der Waals surface area contributed by atoms with E-state index in [-0.39, 0.29) is 11.8 Å². The molecule has 3 heterocycles. The standard InChI is InChI=1S/C23H31N5O2/c1-18-22(19(2)28(24-18)20-9-4-3-5-10-20)23(30)27-14-8-11-25(15-16-27)17-21(29)26-12-6-7-13-26/h3-5,9-10H,6-8,11-17H2,1-2H3. The normalized spacial score (nSPS) is 17.9. The van der Waals surface area contributed by atoms with E-state index in [2.05, 4.69) is 10.00 Å². The maximum absolute atomic E-state index is 13.4. The molecule has 160 valence electrons. The number of para-hydroxylation sites is 1. The molecular weight excluding hydrogens is 378 g/mol. The predicted octanol–water partition coefficient (Wildman–Crippen LogP) is 2.26. The molecule has 2 aromatic rings. The van der Waals surface area contributed by atoms with Crippen molar-refractivity contribution in [1.29, 1.82) is 0 Å². The lowest BCUT2D eigenvalue weighted by Gasteiger charge is -2.24. The summed E-state index contributed by atoms with van der Waals surface area (Å²) in [6.07, 6.45) is 3.11.